The Balaban J connectivity index is 1.86. The van der Waals surface area contributed by atoms with E-state index in [0.717, 1.165) is 11.3 Å². The molecule has 0 fully saturated rings. The highest BCUT2D eigenvalue weighted by Gasteiger charge is 2.27. The third-order valence-corrected chi connectivity index (χ3v) is 6.27. The van der Waals surface area contributed by atoms with Crippen LogP contribution >= 0.6 is 11.3 Å². The topological polar surface area (TPSA) is 120 Å². The Kier molecular flexibility index (Phi) is 8.80. The number of carbonyl (C=O) groups is 4. The minimum Gasteiger partial charge on any atom is -0.497 e. The molecule has 10 heteroatoms. The number of esters is 2. The number of methoxy groups -OCH3 is 1. The Morgan fingerprint density at radius 1 is 0.778 bits per heavy atom. The van der Waals surface area contributed by atoms with Crippen molar-refractivity contribution in [3.05, 3.63) is 75.7 Å². The van der Waals surface area contributed by atoms with E-state index >= 15 is 0 Å². The summed E-state index contributed by atoms with van der Waals surface area (Å²) < 4.78 is 15.2. The van der Waals surface area contributed by atoms with Crippen molar-refractivity contribution in [2.45, 2.75) is 20.8 Å². The zero-order valence-corrected chi connectivity index (χ0v) is 21.1. The smallest absolute Gasteiger partial charge is 0.341 e. The lowest BCUT2D eigenvalue weighted by Crippen LogP contribution is -2.15. The van der Waals surface area contributed by atoms with Crippen LogP contribution in [-0.2, 0) is 9.47 Å². The van der Waals surface area contributed by atoms with Crippen LogP contribution in [0, 0.1) is 6.92 Å². The first-order chi connectivity index (χ1) is 17.3. The van der Waals surface area contributed by atoms with E-state index in [1.165, 1.54) is 7.11 Å². The molecule has 2 N–H and O–H groups in total. The molecular formula is C26H26N2O7S. The molecule has 2 amide bonds. The third-order valence-electron chi connectivity index (χ3n) is 5.07. The van der Waals surface area contributed by atoms with Gasteiger partial charge in [-0.15, -0.1) is 11.3 Å². The van der Waals surface area contributed by atoms with E-state index in [9.17, 15) is 19.2 Å². The number of amides is 2. The third kappa shape index (κ3) is 6.08. The van der Waals surface area contributed by atoms with Gasteiger partial charge < -0.3 is 24.8 Å². The van der Waals surface area contributed by atoms with Gasteiger partial charge in [-0.1, -0.05) is 0 Å². The first-order valence-corrected chi connectivity index (χ1v) is 11.9. The van der Waals surface area contributed by atoms with Crippen LogP contribution in [0.25, 0.3) is 0 Å². The quantitative estimate of drug-likeness (QED) is 0.392. The summed E-state index contributed by atoms with van der Waals surface area (Å²) in [5.41, 5.74) is 1.65. The van der Waals surface area contributed by atoms with E-state index < -0.39 is 23.8 Å². The molecular weight excluding hydrogens is 484 g/mol. The van der Waals surface area contributed by atoms with Crippen molar-refractivity contribution in [2.24, 2.45) is 0 Å². The van der Waals surface area contributed by atoms with Gasteiger partial charge in [-0.3, -0.25) is 9.59 Å². The lowest BCUT2D eigenvalue weighted by Gasteiger charge is -2.08. The normalized spacial score (nSPS) is 10.3. The first-order valence-electron chi connectivity index (χ1n) is 11.1. The molecule has 0 aliphatic heterocycles. The predicted octanol–water partition coefficient (Wildman–Crippen LogP) is 4.92. The van der Waals surface area contributed by atoms with E-state index in [0.29, 0.717) is 28.1 Å². The summed E-state index contributed by atoms with van der Waals surface area (Å²) in [6, 6.07) is 12.7. The van der Waals surface area contributed by atoms with Gasteiger partial charge in [0.2, 0.25) is 0 Å². The molecule has 0 saturated heterocycles. The van der Waals surface area contributed by atoms with Crippen LogP contribution in [0.1, 0.15) is 60.2 Å². The second-order valence-electron chi connectivity index (χ2n) is 7.42. The summed E-state index contributed by atoms with van der Waals surface area (Å²) in [6.07, 6.45) is 0. The number of hydrogen-bond acceptors (Lipinski definition) is 8. The van der Waals surface area contributed by atoms with Gasteiger partial charge in [-0.05, 0) is 74.9 Å². The monoisotopic (exact) mass is 510 g/mol. The van der Waals surface area contributed by atoms with E-state index in [4.69, 9.17) is 14.2 Å². The van der Waals surface area contributed by atoms with E-state index in [2.05, 4.69) is 10.6 Å². The van der Waals surface area contributed by atoms with Gasteiger partial charge in [0.05, 0.1) is 36.3 Å². The number of benzene rings is 2. The Morgan fingerprint density at radius 2 is 1.36 bits per heavy atom. The highest BCUT2D eigenvalue weighted by molar-refractivity contribution is 7.19. The summed E-state index contributed by atoms with van der Waals surface area (Å²) in [4.78, 5) is 50.6. The molecule has 9 nitrogen and oxygen atoms in total. The van der Waals surface area contributed by atoms with E-state index in [1.54, 1.807) is 69.3 Å². The summed E-state index contributed by atoms with van der Waals surface area (Å²) in [5.74, 6) is -1.43. The van der Waals surface area contributed by atoms with Crippen LogP contribution in [0.2, 0.25) is 0 Å². The van der Waals surface area contributed by atoms with E-state index in [1.807, 2.05) is 0 Å². The Labute approximate surface area is 212 Å². The Bertz CT molecular complexity index is 1260. The second kappa shape index (κ2) is 12.0. The van der Waals surface area contributed by atoms with Crippen LogP contribution in [0.3, 0.4) is 0 Å². The number of ether oxygens (including phenoxy) is 3. The summed E-state index contributed by atoms with van der Waals surface area (Å²) in [5, 5.41) is 5.67. The maximum atomic E-state index is 13.1. The molecule has 3 aromatic rings. The molecule has 0 radical (unpaired) electrons. The molecule has 36 heavy (non-hydrogen) atoms. The molecule has 1 heterocycles. The number of hydrogen-bond donors (Lipinski definition) is 2. The molecule has 3 rings (SSSR count). The van der Waals surface area contributed by atoms with Gasteiger partial charge in [0, 0.05) is 11.3 Å². The fourth-order valence-corrected chi connectivity index (χ4v) is 4.36. The molecule has 1 aromatic heterocycles. The van der Waals surface area contributed by atoms with Crippen molar-refractivity contribution in [3.8, 4) is 5.75 Å². The summed E-state index contributed by atoms with van der Waals surface area (Å²) in [6.45, 7) is 5.39. The predicted molar refractivity (Wildman–Crippen MR) is 136 cm³/mol. The van der Waals surface area contributed by atoms with Gasteiger partial charge in [0.1, 0.15) is 10.8 Å². The van der Waals surface area contributed by atoms with Crippen molar-refractivity contribution in [2.75, 3.05) is 31.0 Å². The highest BCUT2D eigenvalue weighted by Crippen LogP contribution is 2.35. The van der Waals surface area contributed by atoms with Crippen molar-refractivity contribution < 1.29 is 33.4 Å². The molecule has 0 bridgehead atoms. The van der Waals surface area contributed by atoms with Crippen molar-refractivity contribution >= 4 is 45.8 Å². The minimum atomic E-state index is -0.644. The number of rotatable bonds is 9. The average molecular weight is 511 g/mol. The van der Waals surface area contributed by atoms with Crippen molar-refractivity contribution in [1.82, 2.24) is 0 Å². The van der Waals surface area contributed by atoms with Crippen molar-refractivity contribution in [3.63, 3.8) is 0 Å². The van der Waals surface area contributed by atoms with Crippen LogP contribution < -0.4 is 15.4 Å². The zero-order chi connectivity index (χ0) is 26.2. The van der Waals surface area contributed by atoms with Gasteiger partial charge >= 0.3 is 11.9 Å². The SMILES string of the molecule is CCOC(=O)c1ccc(NC(=O)c2sc(NC(=O)c3ccc(OC)cc3)c(C(=O)OCC)c2C)cc1. The van der Waals surface area contributed by atoms with E-state index in [-0.39, 0.29) is 28.7 Å². The maximum Gasteiger partial charge on any atom is 0.341 e. The second-order valence-corrected chi connectivity index (χ2v) is 8.44. The highest BCUT2D eigenvalue weighted by atomic mass is 32.1. The molecule has 0 aliphatic carbocycles. The lowest BCUT2D eigenvalue weighted by molar-refractivity contribution is 0.0517. The van der Waals surface area contributed by atoms with Gasteiger partial charge in [-0.25, -0.2) is 9.59 Å². The number of nitrogens with one attached hydrogen (secondary N) is 2. The molecule has 188 valence electrons. The summed E-state index contributed by atoms with van der Waals surface area (Å²) in [7, 11) is 1.52. The zero-order valence-electron chi connectivity index (χ0n) is 20.3. The molecule has 0 atom stereocenters. The first kappa shape index (κ1) is 26.4. The Morgan fingerprint density at radius 3 is 1.94 bits per heavy atom. The number of carbonyl (C=O) groups excluding carboxylic acids is 4. The molecule has 0 aliphatic rings. The lowest BCUT2D eigenvalue weighted by atomic mass is 10.1. The van der Waals surface area contributed by atoms with Crippen LogP contribution in [-0.4, -0.2) is 44.1 Å². The maximum absolute atomic E-state index is 13.1. The van der Waals surface area contributed by atoms with Crippen LogP contribution in [0.15, 0.2) is 48.5 Å². The molecule has 0 unspecified atom stereocenters. The largest absolute Gasteiger partial charge is 0.497 e. The van der Waals surface area contributed by atoms with Crippen LogP contribution in [0.4, 0.5) is 10.7 Å². The average Bonchev–Trinajstić information content (AvgIpc) is 3.20. The molecule has 0 saturated carbocycles. The van der Waals surface area contributed by atoms with Gasteiger partial charge in [0.25, 0.3) is 11.8 Å². The van der Waals surface area contributed by atoms with Gasteiger partial charge in [-0.2, -0.15) is 0 Å². The minimum absolute atomic E-state index is 0.117. The summed E-state index contributed by atoms with van der Waals surface area (Å²) >= 11 is 0.969. The standard InChI is InChI=1S/C26H26N2O7S/c1-5-34-25(31)17-7-11-18(12-8-17)27-23(30)21-15(3)20(26(32)35-6-2)24(36-21)28-22(29)16-9-13-19(33-4)14-10-16/h7-14H,5-6H2,1-4H3,(H,27,30)(H,28,29). The Hall–Kier alpha value is -4.18. The van der Waals surface area contributed by atoms with Crippen LogP contribution in [0.5, 0.6) is 5.75 Å². The number of thiophene rings is 1. The fourth-order valence-electron chi connectivity index (χ4n) is 3.28. The van der Waals surface area contributed by atoms with Gasteiger partial charge in [0.15, 0.2) is 0 Å². The molecule has 0 spiro atoms. The van der Waals surface area contributed by atoms with Crippen molar-refractivity contribution in [1.29, 1.82) is 0 Å². The number of anilines is 2. The molecule has 2 aromatic carbocycles. The fraction of sp³-hybridized carbons (Fsp3) is 0.231.